The van der Waals surface area contributed by atoms with Gasteiger partial charge in [0.2, 0.25) is 11.9 Å². The number of fused-ring (bicyclic) bond motifs is 1. The summed E-state index contributed by atoms with van der Waals surface area (Å²) in [5, 5.41) is 6.69. The van der Waals surface area contributed by atoms with Gasteiger partial charge >= 0.3 is 0 Å². The van der Waals surface area contributed by atoms with E-state index in [1.54, 1.807) is 37.6 Å². The highest BCUT2D eigenvalue weighted by atomic mass is 35.5. The molecular weight excluding hydrogens is 497 g/mol. The number of likely N-dealkylation sites (N-methyl/N-ethyl adjacent to an activating group) is 1. The van der Waals surface area contributed by atoms with Crippen molar-refractivity contribution in [1.29, 1.82) is 0 Å². The Balaban J connectivity index is 1.51. The number of carbonyl (C=O) groups is 1. The second kappa shape index (κ2) is 12.3. The van der Waals surface area contributed by atoms with Gasteiger partial charge in [0.25, 0.3) is 0 Å². The van der Waals surface area contributed by atoms with E-state index in [1.165, 1.54) is 18.2 Å². The average molecular weight is 528 g/mol. The molecule has 1 aliphatic carbocycles. The molecule has 1 fully saturated rings. The lowest BCUT2D eigenvalue weighted by Crippen LogP contribution is -2.32. The molecule has 0 aliphatic heterocycles. The van der Waals surface area contributed by atoms with Crippen LogP contribution in [0.3, 0.4) is 0 Å². The molecule has 1 unspecified atom stereocenters. The van der Waals surface area contributed by atoms with Gasteiger partial charge in [0.15, 0.2) is 0 Å². The fraction of sp³-hybridized carbons (Fsp3) is 0.370. The van der Waals surface area contributed by atoms with Gasteiger partial charge in [-0.25, -0.2) is 14.4 Å². The lowest BCUT2D eigenvalue weighted by molar-refractivity contribution is -0.112. The first-order chi connectivity index (χ1) is 17.9. The number of ether oxygens (including phenoxy) is 2. The highest BCUT2D eigenvalue weighted by Gasteiger charge is 2.23. The topological polar surface area (TPSA) is 88.6 Å². The molecule has 2 aromatic carbocycles. The van der Waals surface area contributed by atoms with Crippen molar-refractivity contribution in [1.82, 2.24) is 14.9 Å². The fourth-order valence-corrected chi connectivity index (χ4v) is 3.99. The van der Waals surface area contributed by atoms with Crippen LogP contribution in [0.2, 0.25) is 5.02 Å². The summed E-state index contributed by atoms with van der Waals surface area (Å²) in [7, 11) is 3.62. The average Bonchev–Trinajstić information content (AvgIpc) is 3.70. The zero-order valence-corrected chi connectivity index (χ0v) is 21.9. The molecule has 4 rings (SSSR count). The number of aromatic nitrogens is 2. The molecule has 1 atom stereocenters. The van der Waals surface area contributed by atoms with Gasteiger partial charge in [0.1, 0.15) is 17.8 Å². The van der Waals surface area contributed by atoms with E-state index in [2.05, 4.69) is 20.6 Å². The lowest BCUT2D eigenvalue weighted by Gasteiger charge is -2.24. The van der Waals surface area contributed by atoms with Crippen LogP contribution >= 0.6 is 11.6 Å². The van der Waals surface area contributed by atoms with Gasteiger partial charge in [0, 0.05) is 43.1 Å². The molecule has 8 nitrogen and oxygen atoms in total. The van der Waals surface area contributed by atoms with Crippen molar-refractivity contribution in [2.45, 2.75) is 32.4 Å². The van der Waals surface area contributed by atoms with E-state index >= 15 is 0 Å². The quantitative estimate of drug-likeness (QED) is 0.228. The van der Waals surface area contributed by atoms with Gasteiger partial charge < -0.3 is 20.1 Å². The molecule has 1 amide bonds. The third-order valence-corrected chi connectivity index (χ3v) is 6.35. The summed E-state index contributed by atoms with van der Waals surface area (Å²) < 4.78 is 24.9. The van der Waals surface area contributed by atoms with E-state index in [9.17, 15) is 9.18 Å². The van der Waals surface area contributed by atoms with Crippen molar-refractivity contribution < 1.29 is 18.7 Å². The van der Waals surface area contributed by atoms with Crippen LogP contribution in [0.1, 0.15) is 26.2 Å². The van der Waals surface area contributed by atoms with Crippen molar-refractivity contribution in [3.05, 3.63) is 59.5 Å². The van der Waals surface area contributed by atoms with Crippen LogP contribution in [0.4, 0.5) is 21.7 Å². The number of rotatable bonds is 12. The molecule has 0 bridgehead atoms. The zero-order valence-electron chi connectivity index (χ0n) is 21.1. The third-order valence-electron chi connectivity index (χ3n) is 6.06. The highest BCUT2D eigenvalue weighted by Crippen LogP contribution is 2.34. The minimum absolute atomic E-state index is 0.00458. The Kier molecular flexibility index (Phi) is 8.91. The molecule has 1 saturated carbocycles. The number of methoxy groups -OCH3 is 1. The van der Waals surface area contributed by atoms with Gasteiger partial charge in [-0.15, -0.1) is 0 Å². The molecular formula is C27H31ClFN5O3. The molecule has 1 aromatic heterocycles. The minimum atomic E-state index is -0.499. The Labute approximate surface area is 220 Å². The van der Waals surface area contributed by atoms with E-state index in [1.807, 2.05) is 18.9 Å². The summed E-state index contributed by atoms with van der Waals surface area (Å²) in [6, 6.07) is 7.89. The van der Waals surface area contributed by atoms with E-state index < -0.39 is 5.82 Å². The number of amides is 1. The van der Waals surface area contributed by atoms with Crippen LogP contribution in [-0.2, 0) is 9.53 Å². The summed E-state index contributed by atoms with van der Waals surface area (Å²) >= 11 is 5.87. The second-order valence-corrected chi connectivity index (χ2v) is 9.45. The first-order valence-corrected chi connectivity index (χ1v) is 12.6. The maximum absolute atomic E-state index is 13.5. The summed E-state index contributed by atoms with van der Waals surface area (Å²) in [5.41, 5.74) is 1.75. The van der Waals surface area contributed by atoms with E-state index in [4.69, 9.17) is 21.1 Å². The van der Waals surface area contributed by atoms with Crippen molar-refractivity contribution in [2.24, 2.45) is 5.92 Å². The van der Waals surface area contributed by atoms with Crippen LogP contribution in [-0.4, -0.2) is 54.3 Å². The van der Waals surface area contributed by atoms with Crippen LogP contribution in [0.15, 0.2) is 48.7 Å². The standard InChI is InChI=1S/C27H31ClFN5O3/c1-4-26(36-3)34(2)11-5-6-25(35)32-23-12-18-15-30-27(31-19-9-10-21(29)20(28)13-19)33-22(18)14-24(23)37-16-17-7-8-17/h5-6,9-10,12-15,17,26H,4,7-8,11,16H2,1-3H3,(H,32,35)(H,30,31,33). The Bertz CT molecular complexity index is 1280. The number of carbonyl (C=O) groups excluding carboxylic acids is 1. The largest absolute Gasteiger partial charge is 0.491 e. The van der Waals surface area contributed by atoms with Crippen LogP contribution < -0.4 is 15.4 Å². The summed E-state index contributed by atoms with van der Waals surface area (Å²) in [6.45, 7) is 3.20. The lowest BCUT2D eigenvalue weighted by atomic mass is 10.2. The first-order valence-electron chi connectivity index (χ1n) is 12.2. The molecule has 2 N–H and O–H groups in total. The molecule has 0 radical (unpaired) electrons. The summed E-state index contributed by atoms with van der Waals surface area (Å²) in [5.74, 6) is 0.641. The monoisotopic (exact) mass is 527 g/mol. The Morgan fingerprint density at radius 3 is 2.84 bits per heavy atom. The molecule has 196 valence electrons. The molecule has 37 heavy (non-hydrogen) atoms. The Hall–Kier alpha value is -3.27. The molecule has 3 aromatic rings. The predicted molar refractivity (Wildman–Crippen MR) is 144 cm³/mol. The van der Waals surface area contributed by atoms with Gasteiger partial charge in [0.05, 0.1) is 22.8 Å². The minimum Gasteiger partial charge on any atom is -0.491 e. The van der Waals surface area contributed by atoms with Crippen LogP contribution in [0.25, 0.3) is 10.9 Å². The maximum Gasteiger partial charge on any atom is 0.248 e. The highest BCUT2D eigenvalue weighted by molar-refractivity contribution is 6.31. The zero-order chi connectivity index (χ0) is 26.4. The SMILES string of the molecule is CCC(OC)N(C)CC=CC(=O)Nc1cc2cnc(Nc3ccc(F)c(Cl)c3)nc2cc1OCC1CC1. The van der Waals surface area contributed by atoms with Crippen LogP contribution in [0, 0.1) is 11.7 Å². The van der Waals surface area contributed by atoms with Crippen LogP contribution in [0.5, 0.6) is 5.75 Å². The van der Waals surface area contributed by atoms with E-state index in [0.29, 0.717) is 47.7 Å². The summed E-state index contributed by atoms with van der Waals surface area (Å²) in [4.78, 5) is 23.6. The fourth-order valence-electron chi connectivity index (χ4n) is 3.81. The number of nitrogens with zero attached hydrogens (tertiary/aromatic N) is 3. The van der Waals surface area contributed by atoms with E-state index in [-0.39, 0.29) is 17.2 Å². The molecule has 0 saturated heterocycles. The van der Waals surface area contributed by atoms with Crippen molar-refractivity contribution in [3.8, 4) is 5.75 Å². The third kappa shape index (κ3) is 7.38. The first kappa shape index (κ1) is 26.8. The number of benzene rings is 2. The summed E-state index contributed by atoms with van der Waals surface area (Å²) in [6.07, 6.45) is 8.08. The van der Waals surface area contributed by atoms with E-state index in [0.717, 1.165) is 24.6 Å². The smallest absolute Gasteiger partial charge is 0.248 e. The maximum atomic E-state index is 13.5. The Morgan fingerprint density at radius 2 is 2.14 bits per heavy atom. The molecule has 1 aliphatic rings. The Morgan fingerprint density at radius 1 is 1.32 bits per heavy atom. The van der Waals surface area contributed by atoms with Gasteiger partial charge in [-0.3, -0.25) is 9.69 Å². The number of hydrogen-bond donors (Lipinski definition) is 2. The van der Waals surface area contributed by atoms with Crippen molar-refractivity contribution in [3.63, 3.8) is 0 Å². The van der Waals surface area contributed by atoms with Gasteiger partial charge in [-0.05, 0) is 56.5 Å². The van der Waals surface area contributed by atoms with Gasteiger partial charge in [-0.2, -0.15) is 0 Å². The number of anilines is 3. The number of hydrogen-bond acceptors (Lipinski definition) is 7. The number of halogens is 2. The second-order valence-electron chi connectivity index (χ2n) is 9.04. The normalized spacial score (nSPS) is 14.3. The molecule has 0 spiro atoms. The van der Waals surface area contributed by atoms with Crippen molar-refractivity contribution in [2.75, 3.05) is 37.9 Å². The predicted octanol–water partition coefficient (Wildman–Crippen LogP) is 5.76. The van der Waals surface area contributed by atoms with Crippen molar-refractivity contribution >= 4 is 45.7 Å². The molecule has 10 heteroatoms. The molecule has 1 heterocycles. The van der Waals surface area contributed by atoms with Gasteiger partial charge in [-0.1, -0.05) is 24.6 Å². The number of nitrogens with one attached hydrogen (secondary N) is 2.